The van der Waals surface area contributed by atoms with E-state index in [0.29, 0.717) is 27.3 Å². The van der Waals surface area contributed by atoms with Crippen LogP contribution in [0.25, 0.3) is 10.9 Å². The summed E-state index contributed by atoms with van der Waals surface area (Å²) in [5.74, 6) is -2.09. The van der Waals surface area contributed by atoms with E-state index in [-0.39, 0.29) is 24.6 Å². The number of carbonyl (C=O) groups excluding carboxylic acids is 2. The smallest absolute Gasteiger partial charge is 0.314 e. The highest BCUT2D eigenvalue weighted by Crippen LogP contribution is 2.24. The SMILES string of the molecule is Nc1ncc(NC(=O)C(=O)N(Cc2ccc(F)cn2)Cc2ncccc2Cl)c2[nH]ncc12. The van der Waals surface area contributed by atoms with Gasteiger partial charge >= 0.3 is 11.8 Å². The Morgan fingerprint density at radius 2 is 1.97 bits per heavy atom. The minimum absolute atomic E-state index is 0.0650. The summed E-state index contributed by atoms with van der Waals surface area (Å²) in [6.07, 6.45) is 5.34. The van der Waals surface area contributed by atoms with Crippen LogP contribution in [0.15, 0.2) is 49.1 Å². The average Bonchev–Trinajstić information content (AvgIpc) is 3.29. The standard InChI is InChI=1S/C20H16ClFN8O2/c21-14-2-1-5-24-16(14)10-30(9-12-4-3-11(22)6-25-12)20(32)19(31)28-15-8-26-18(23)13-7-27-29-17(13)15/h1-8H,9-10H2,(H2,23,26)(H,27,29)(H,28,31). The van der Waals surface area contributed by atoms with Gasteiger partial charge in [-0.2, -0.15) is 5.10 Å². The third-order valence-electron chi connectivity index (χ3n) is 4.56. The van der Waals surface area contributed by atoms with Crippen molar-refractivity contribution in [2.75, 3.05) is 11.1 Å². The van der Waals surface area contributed by atoms with Crippen LogP contribution in [-0.2, 0) is 22.7 Å². The van der Waals surface area contributed by atoms with Crippen molar-refractivity contribution in [3.63, 3.8) is 0 Å². The van der Waals surface area contributed by atoms with E-state index in [1.807, 2.05) is 0 Å². The van der Waals surface area contributed by atoms with Crippen molar-refractivity contribution in [3.05, 3.63) is 71.3 Å². The van der Waals surface area contributed by atoms with E-state index < -0.39 is 17.6 Å². The monoisotopic (exact) mass is 454 g/mol. The van der Waals surface area contributed by atoms with Crippen molar-refractivity contribution < 1.29 is 14.0 Å². The summed E-state index contributed by atoms with van der Waals surface area (Å²) in [6.45, 7) is -0.136. The molecule has 0 saturated heterocycles. The third-order valence-corrected chi connectivity index (χ3v) is 4.91. The number of carbonyl (C=O) groups is 2. The van der Waals surface area contributed by atoms with Crippen LogP contribution in [-0.4, -0.2) is 41.9 Å². The number of aromatic amines is 1. The quantitative estimate of drug-likeness (QED) is 0.392. The Balaban J connectivity index is 1.59. The summed E-state index contributed by atoms with van der Waals surface area (Å²) in [4.78, 5) is 39.2. The fraction of sp³-hybridized carbons (Fsp3) is 0.100. The van der Waals surface area contributed by atoms with Crippen LogP contribution in [0.3, 0.4) is 0 Å². The molecule has 0 atom stereocenters. The van der Waals surface area contributed by atoms with Gasteiger partial charge in [-0.1, -0.05) is 11.6 Å². The summed E-state index contributed by atoms with van der Waals surface area (Å²) in [6, 6.07) is 5.91. The van der Waals surface area contributed by atoms with Crippen LogP contribution in [0.2, 0.25) is 5.02 Å². The molecule has 4 aromatic heterocycles. The number of nitrogens with zero attached hydrogens (tertiary/aromatic N) is 5. The molecule has 0 unspecified atom stereocenters. The van der Waals surface area contributed by atoms with Gasteiger partial charge in [0.15, 0.2) is 0 Å². The molecule has 10 nitrogen and oxygen atoms in total. The normalized spacial score (nSPS) is 10.8. The van der Waals surface area contributed by atoms with Gasteiger partial charge in [-0.15, -0.1) is 0 Å². The van der Waals surface area contributed by atoms with Gasteiger partial charge in [0.1, 0.15) is 11.6 Å². The van der Waals surface area contributed by atoms with E-state index >= 15 is 0 Å². The van der Waals surface area contributed by atoms with E-state index in [4.69, 9.17) is 17.3 Å². The molecule has 4 heterocycles. The van der Waals surface area contributed by atoms with Gasteiger partial charge in [-0.3, -0.25) is 24.7 Å². The topological polar surface area (TPSA) is 143 Å². The number of nitrogen functional groups attached to an aromatic ring is 1. The fourth-order valence-electron chi connectivity index (χ4n) is 2.98. The average molecular weight is 455 g/mol. The van der Waals surface area contributed by atoms with Crippen LogP contribution in [0.4, 0.5) is 15.9 Å². The van der Waals surface area contributed by atoms with E-state index in [9.17, 15) is 14.0 Å². The van der Waals surface area contributed by atoms with Crippen LogP contribution in [0, 0.1) is 5.82 Å². The largest absolute Gasteiger partial charge is 0.383 e. The zero-order valence-corrected chi connectivity index (χ0v) is 17.2. The van der Waals surface area contributed by atoms with Crippen molar-refractivity contribution in [2.45, 2.75) is 13.1 Å². The van der Waals surface area contributed by atoms with Crippen LogP contribution in [0.5, 0.6) is 0 Å². The zero-order valence-electron chi connectivity index (χ0n) is 16.4. The summed E-state index contributed by atoms with van der Waals surface area (Å²) in [5, 5.41) is 9.95. The second kappa shape index (κ2) is 8.94. The predicted molar refractivity (Wildman–Crippen MR) is 115 cm³/mol. The Hall–Kier alpha value is -4.12. The molecule has 4 rings (SSSR count). The number of H-pyrrole nitrogens is 1. The Morgan fingerprint density at radius 1 is 1.12 bits per heavy atom. The molecule has 0 bridgehead atoms. The molecule has 0 spiro atoms. The molecule has 0 saturated carbocycles. The minimum Gasteiger partial charge on any atom is -0.383 e. The molecule has 0 radical (unpaired) electrons. The van der Waals surface area contributed by atoms with E-state index in [2.05, 4.69) is 30.5 Å². The molecule has 4 N–H and O–H groups in total. The number of aromatic nitrogens is 5. The Labute approximate surface area is 185 Å². The molecule has 0 aromatic carbocycles. The van der Waals surface area contributed by atoms with Crippen molar-refractivity contribution in [1.82, 2.24) is 30.0 Å². The summed E-state index contributed by atoms with van der Waals surface area (Å²) < 4.78 is 13.2. The van der Waals surface area contributed by atoms with Crippen molar-refractivity contribution in [3.8, 4) is 0 Å². The molecule has 0 fully saturated rings. The molecule has 2 amide bonds. The second-order valence-corrected chi connectivity index (χ2v) is 7.14. The lowest BCUT2D eigenvalue weighted by molar-refractivity contribution is -0.144. The first kappa shape index (κ1) is 21.1. The molecule has 32 heavy (non-hydrogen) atoms. The highest BCUT2D eigenvalue weighted by Gasteiger charge is 2.25. The van der Waals surface area contributed by atoms with E-state index in [0.717, 1.165) is 6.20 Å². The number of fused-ring (bicyclic) bond motifs is 1. The Morgan fingerprint density at radius 3 is 2.72 bits per heavy atom. The minimum atomic E-state index is -0.929. The summed E-state index contributed by atoms with van der Waals surface area (Å²) >= 11 is 6.18. The Bertz CT molecular complexity index is 1290. The molecule has 4 aromatic rings. The second-order valence-electron chi connectivity index (χ2n) is 6.73. The van der Waals surface area contributed by atoms with Crippen molar-refractivity contribution in [2.24, 2.45) is 0 Å². The number of anilines is 2. The van der Waals surface area contributed by atoms with Gasteiger partial charge in [0.25, 0.3) is 0 Å². The van der Waals surface area contributed by atoms with Gasteiger partial charge in [0, 0.05) is 6.20 Å². The maximum absolute atomic E-state index is 13.2. The van der Waals surface area contributed by atoms with Gasteiger partial charge in [-0.05, 0) is 24.3 Å². The van der Waals surface area contributed by atoms with Gasteiger partial charge in [0.2, 0.25) is 0 Å². The van der Waals surface area contributed by atoms with Crippen LogP contribution in [0.1, 0.15) is 11.4 Å². The number of hydrogen-bond acceptors (Lipinski definition) is 7. The van der Waals surface area contributed by atoms with Gasteiger partial charge in [-0.25, -0.2) is 9.37 Å². The zero-order chi connectivity index (χ0) is 22.7. The van der Waals surface area contributed by atoms with Crippen LogP contribution < -0.4 is 11.1 Å². The van der Waals surface area contributed by atoms with Gasteiger partial charge in [0.05, 0.1) is 64.7 Å². The number of pyridine rings is 3. The maximum Gasteiger partial charge on any atom is 0.314 e. The third kappa shape index (κ3) is 4.47. The summed E-state index contributed by atoms with van der Waals surface area (Å²) in [7, 11) is 0. The van der Waals surface area contributed by atoms with E-state index in [1.165, 1.54) is 35.6 Å². The first-order valence-electron chi connectivity index (χ1n) is 9.30. The maximum atomic E-state index is 13.2. The fourth-order valence-corrected chi connectivity index (χ4v) is 3.16. The highest BCUT2D eigenvalue weighted by atomic mass is 35.5. The number of halogens is 2. The number of hydrogen-bond donors (Lipinski definition) is 3. The van der Waals surface area contributed by atoms with Gasteiger partial charge < -0.3 is 16.0 Å². The Kier molecular flexibility index (Phi) is 5.90. The van der Waals surface area contributed by atoms with Crippen LogP contribution >= 0.6 is 11.6 Å². The summed E-state index contributed by atoms with van der Waals surface area (Å²) in [5.41, 5.74) is 7.23. The van der Waals surface area contributed by atoms with Crippen molar-refractivity contribution >= 4 is 45.8 Å². The highest BCUT2D eigenvalue weighted by molar-refractivity contribution is 6.40. The molecule has 162 valence electrons. The lowest BCUT2D eigenvalue weighted by Crippen LogP contribution is -2.39. The molecule has 12 heteroatoms. The predicted octanol–water partition coefficient (Wildman–Crippen LogP) is 2.29. The first-order chi connectivity index (χ1) is 15.4. The lowest BCUT2D eigenvalue weighted by atomic mass is 10.2. The molecular formula is C20H16ClFN8O2. The number of nitrogens with two attached hydrogens (primary N) is 1. The van der Waals surface area contributed by atoms with E-state index in [1.54, 1.807) is 12.1 Å². The first-order valence-corrected chi connectivity index (χ1v) is 9.68. The number of amides is 2. The molecule has 0 aliphatic rings. The van der Waals surface area contributed by atoms with Crippen molar-refractivity contribution in [1.29, 1.82) is 0 Å². The number of nitrogens with one attached hydrogen (secondary N) is 2. The molecule has 0 aliphatic carbocycles. The molecule has 0 aliphatic heterocycles. The lowest BCUT2D eigenvalue weighted by Gasteiger charge is -2.22. The molecular weight excluding hydrogens is 439 g/mol. The number of rotatable bonds is 5.